The van der Waals surface area contributed by atoms with Gasteiger partial charge >= 0.3 is 5.97 Å². The van der Waals surface area contributed by atoms with E-state index in [9.17, 15) is 9.90 Å². The maximum Gasteiger partial charge on any atom is 0.308 e. The van der Waals surface area contributed by atoms with Gasteiger partial charge in [0.05, 0.1) is 17.7 Å². The van der Waals surface area contributed by atoms with Crippen LogP contribution in [0, 0.1) is 29.1 Å². The van der Waals surface area contributed by atoms with Crippen LogP contribution in [0.3, 0.4) is 0 Å². The van der Waals surface area contributed by atoms with Gasteiger partial charge in [-0.15, -0.1) is 5.10 Å². The fourth-order valence-corrected chi connectivity index (χ4v) is 3.54. The average Bonchev–Trinajstić information content (AvgIpc) is 3.00. The Morgan fingerprint density at radius 1 is 1.47 bits per heavy atom. The molecule has 0 saturated heterocycles. The van der Waals surface area contributed by atoms with Crippen LogP contribution in [0.5, 0.6) is 0 Å². The van der Waals surface area contributed by atoms with Crippen LogP contribution in [0.2, 0.25) is 0 Å². The van der Waals surface area contributed by atoms with E-state index in [0.29, 0.717) is 17.3 Å². The summed E-state index contributed by atoms with van der Waals surface area (Å²) in [5, 5.41) is 29.2. The highest BCUT2D eigenvalue weighted by atomic mass is 16.4. The second-order valence-electron chi connectivity index (χ2n) is 5.27. The molecule has 4 unspecified atom stereocenters. The van der Waals surface area contributed by atoms with Gasteiger partial charge in [-0.2, -0.15) is 10.4 Å². The Morgan fingerprint density at radius 3 is 3.00 bits per heavy atom. The van der Waals surface area contributed by atoms with Crippen molar-refractivity contribution in [1.29, 1.82) is 5.26 Å². The number of nitriles is 1. The van der Waals surface area contributed by atoms with Crippen molar-refractivity contribution in [1.82, 2.24) is 10.2 Å². The molecule has 2 bridgehead atoms. The van der Waals surface area contributed by atoms with Gasteiger partial charge in [0.25, 0.3) is 0 Å². The molecule has 0 aromatic carbocycles. The van der Waals surface area contributed by atoms with Gasteiger partial charge in [0, 0.05) is 6.04 Å². The van der Waals surface area contributed by atoms with Gasteiger partial charge in [0.15, 0.2) is 5.82 Å². The number of hydrogen-bond acceptors (Lipinski definition) is 5. The van der Waals surface area contributed by atoms with Crippen LogP contribution in [-0.2, 0) is 4.79 Å². The minimum absolute atomic E-state index is 0.139. The van der Waals surface area contributed by atoms with Crippen molar-refractivity contribution in [2.24, 2.45) is 17.8 Å². The van der Waals surface area contributed by atoms with E-state index in [1.165, 1.54) is 6.20 Å². The van der Waals surface area contributed by atoms with Crippen LogP contribution in [0.15, 0.2) is 12.3 Å². The monoisotopic (exact) mass is 258 g/mol. The summed E-state index contributed by atoms with van der Waals surface area (Å²) >= 11 is 0. The molecule has 0 radical (unpaired) electrons. The smallest absolute Gasteiger partial charge is 0.308 e. The maximum absolute atomic E-state index is 11.4. The first-order valence-corrected chi connectivity index (χ1v) is 6.42. The van der Waals surface area contributed by atoms with Crippen molar-refractivity contribution < 1.29 is 9.90 Å². The van der Waals surface area contributed by atoms with Gasteiger partial charge in [-0.1, -0.05) is 0 Å². The van der Waals surface area contributed by atoms with E-state index in [0.717, 1.165) is 19.3 Å². The number of carbonyl (C=O) groups is 1. The third-order valence-corrected chi connectivity index (χ3v) is 4.35. The standard InChI is InChI=1S/C13H14N4O2/c14-6-9-3-4-15-17-12(9)16-11-8-2-1-7(5-8)10(11)13(18)19/h3-4,7-8,10-11H,1-2,5H2,(H,16,17)(H,18,19). The zero-order valence-corrected chi connectivity index (χ0v) is 10.3. The molecule has 4 atom stereocenters. The van der Waals surface area contributed by atoms with E-state index in [-0.39, 0.29) is 17.9 Å². The third-order valence-electron chi connectivity index (χ3n) is 4.35. The number of carboxylic acids is 1. The number of nitrogens with zero attached hydrogens (tertiary/aromatic N) is 3. The van der Waals surface area contributed by atoms with Crippen LogP contribution in [0.4, 0.5) is 5.82 Å². The molecule has 0 amide bonds. The molecular formula is C13H14N4O2. The quantitative estimate of drug-likeness (QED) is 0.846. The maximum atomic E-state index is 11.4. The molecule has 6 nitrogen and oxygen atoms in total. The van der Waals surface area contributed by atoms with Gasteiger partial charge in [-0.25, -0.2) is 0 Å². The number of fused-ring (bicyclic) bond motifs is 2. The first-order chi connectivity index (χ1) is 9.20. The predicted octanol–water partition coefficient (Wildman–Crippen LogP) is 1.26. The molecule has 6 heteroatoms. The summed E-state index contributed by atoms with van der Waals surface area (Å²) in [4.78, 5) is 11.4. The van der Waals surface area contributed by atoms with E-state index in [2.05, 4.69) is 15.5 Å². The van der Waals surface area contributed by atoms with Gasteiger partial charge in [0.1, 0.15) is 6.07 Å². The Kier molecular flexibility index (Phi) is 2.82. The van der Waals surface area contributed by atoms with Crippen molar-refractivity contribution in [3.63, 3.8) is 0 Å². The first kappa shape index (κ1) is 11.9. The molecule has 0 spiro atoms. The summed E-state index contributed by atoms with van der Waals surface area (Å²) in [6, 6.07) is 3.49. The molecular weight excluding hydrogens is 244 g/mol. The van der Waals surface area contributed by atoms with Crippen LogP contribution in [0.1, 0.15) is 24.8 Å². The van der Waals surface area contributed by atoms with Gasteiger partial charge in [-0.3, -0.25) is 4.79 Å². The minimum atomic E-state index is -0.757. The second-order valence-corrected chi connectivity index (χ2v) is 5.27. The number of aromatic nitrogens is 2. The Balaban J connectivity index is 1.86. The van der Waals surface area contributed by atoms with Gasteiger partial charge < -0.3 is 10.4 Å². The Labute approximate surface area is 110 Å². The molecule has 0 aliphatic heterocycles. The van der Waals surface area contributed by atoms with Crippen LogP contribution in [0.25, 0.3) is 0 Å². The fraction of sp³-hybridized carbons (Fsp3) is 0.538. The molecule has 2 saturated carbocycles. The lowest BCUT2D eigenvalue weighted by Crippen LogP contribution is -2.39. The fourth-order valence-electron chi connectivity index (χ4n) is 3.54. The van der Waals surface area contributed by atoms with Crippen molar-refractivity contribution in [2.75, 3.05) is 5.32 Å². The number of rotatable bonds is 3. The number of anilines is 1. The zero-order chi connectivity index (χ0) is 13.4. The molecule has 2 aliphatic carbocycles. The van der Waals surface area contributed by atoms with Crippen molar-refractivity contribution in [3.05, 3.63) is 17.8 Å². The lowest BCUT2D eigenvalue weighted by Gasteiger charge is -2.29. The predicted molar refractivity (Wildman–Crippen MR) is 66.1 cm³/mol. The number of aliphatic carboxylic acids is 1. The summed E-state index contributed by atoms with van der Waals surface area (Å²) in [5.41, 5.74) is 0.405. The van der Waals surface area contributed by atoms with Crippen molar-refractivity contribution in [2.45, 2.75) is 25.3 Å². The molecule has 98 valence electrons. The van der Waals surface area contributed by atoms with Crippen molar-refractivity contribution >= 4 is 11.8 Å². The summed E-state index contributed by atoms with van der Waals surface area (Å²) in [5.74, 6) is -0.130. The first-order valence-electron chi connectivity index (χ1n) is 6.42. The van der Waals surface area contributed by atoms with E-state index in [4.69, 9.17) is 5.26 Å². The number of nitrogens with one attached hydrogen (secondary N) is 1. The SMILES string of the molecule is N#Cc1ccnnc1NC1C2CCC(C2)C1C(=O)O. The lowest BCUT2D eigenvalue weighted by molar-refractivity contribution is -0.143. The van der Waals surface area contributed by atoms with E-state index < -0.39 is 5.97 Å². The Bertz CT molecular complexity index is 554. The molecule has 1 heterocycles. The third kappa shape index (κ3) is 1.91. The topological polar surface area (TPSA) is 98.9 Å². The Hall–Kier alpha value is -2.16. The van der Waals surface area contributed by atoms with Crippen LogP contribution in [-0.4, -0.2) is 27.3 Å². The lowest BCUT2D eigenvalue weighted by atomic mass is 9.84. The highest BCUT2D eigenvalue weighted by Crippen LogP contribution is 2.49. The molecule has 2 N–H and O–H groups in total. The summed E-state index contributed by atoms with van der Waals surface area (Å²) in [6.45, 7) is 0. The molecule has 2 fully saturated rings. The number of hydrogen-bond donors (Lipinski definition) is 2. The normalized spacial score (nSPS) is 31.9. The highest BCUT2D eigenvalue weighted by molar-refractivity contribution is 5.73. The van der Waals surface area contributed by atoms with Crippen LogP contribution >= 0.6 is 0 Å². The van der Waals surface area contributed by atoms with Crippen LogP contribution < -0.4 is 5.32 Å². The van der Waals surface area contributed by atoms with Crippen molar-refractivity contribution in [3.8, 4) is 6.07 Å². The minimum Gasteiger partial charge on any atom is -0.481 e. The molecule has 3 rings (SSSR count). The largest absolute Gasteiger partial charge is 0.481 e. The van der Waals surface area contributed by atoms with E-state index in [1.54, 1.807) is 6.07 Å². The molecule has 1 aromatic rings. The highest BCUT2D eigenvalue weighted by Gasteiger charge is 2.51. The van der Waals surface area contributed by atoms with Gasteiger partial charge in [0.2, 0.25) is 0 Å². The summed E-state index contributed by atoms with van der Waals surface area (Å²) < 4.78 is 0. The average molecular weight is 258 g/mol. The van der Waals surface area contributed by atoms with E-state index >= 15 is 0 Å². The van der Waals surface area contributed by atoms with Gasteiger partial charge in [-0.05, 0) is 37.2 Å². The van der Waals surface area contributed by atoms with E-state index in [1.807, 2.05) is 6.07 Å². The zero-order valence-electron chi connectivity index (χ0n) is 10.3. The summed E-state index contributed by atoms with van der Waals surface area (Å²) in [6.07, 6.45) is 4.45. The molecule has 1 aromatic heterocycles. The number of carboxylic acid groups (broad SMARTS) is 1. The molecule has 2 aliphatic rings. The summed E-state index contributed by atoms with van der Waals surface area (Å²) in [7, 11) is 0. The molecule has 19 heavy (non-hydrogen) atoms. The second kappa shape index (κ2) is 4.50. The Morgan fingerprint density at radius 2 is 2.26 bits per heavy atom.